The van der Waals surface area contributed by atoms with Crippen molar-refractivity contribution in [1.82, 2.24) is 4.90 Å². The summed E-state index contributed by atoms with van der Waals surface area (Å²) in [5, 5.41) is 16.3. The van der Waals surface area contributed by atoms with Crippen LogP contribution in [0.1, 0.15) is 16.7 Å². The Kier molecular flexibility index (Phi) is 10.7. The van der Waals surface area contributed by atoms with Gasteiger partial charge in [0.15, 0.2) is 0 Å². The molecule has 1 aliphatic rings. The van der Waals surface area contributed by atoms with E-state index in [4.69, 9.17) is 31.3 Å². The van der Waals surface area contributed by atoms with E-state index in [0.717, 1.165) is 42.6 Å². The summed E-state index contributed by atoms with van der Waals surface area (Å²) in [7, 11) is -0.146. The lowest BCUT2D eigenvalue weighted by Gasteiger charge is -2.15. The number of fused-ring (bicyclic) bond motifs is 1. The number of benzene rings is 3. The Hall–Kier alpha value is -3.86. The second-order valence-electron chi connectivity index (χ2n) is 8.97. The molecule has 0 saturated heterocycles. The van der Waals surface area contributed by atoms with Crippen molar-refractivity contribution in [3.05, 3.63) is 94.5 Å². The number of aliphatic carboxylic acids is 2. The number of sulfone groups is 1. The molecular weight excluding hydrogens is 558 g/mol. The highest BCUT2D eigenvalue weighted by Gasteiger charge is 2.25. The Morgan fingerprint density at radius 3 is 2.00 bits per heavy atom. The molecule has 212 valence electrons. The molecule has 40 heavy (non-hydrogen) atoms. The minimum atomic E-state index is -3.74. The van der Waals surface area contributed by atoms with E-state index < -0.39 is 21.8 Å². The first-order chi connectivity index (χ1) is 19.0. The molecular formula is C29H30ClNO8S. The highest BCUT2D eigenvalue weighted by molar-refractivity contribution is 7.91. The van der Waals surface area contributed by atoms with Gasteiger partial charge in [0.1, 0.15) is 23.0 Å². The first-order valence-corrected chi connectivity index (χ1v) is 14.1. The van der Waals surface area contributed by atoms with Crippen LogP contribution < -0.4 is 9.47 Å². The van der Waals surface area contributed by atoms with Crippen LogP contribution in [0.25, 0.3) is 0 Å². The average Bonchev–Trinajstić information content (AvgIpc) is 3.12. The van der Waals surface area contributed by atoms with Gasteiger partial charge in [-0.3, -0.25) is 0 Å². The third kappa shape index (κ3) is 8.57. The van der Waals surface area contributed by atoms with E-state index in [2.05, 4.69) is 11.9 Å². The topological polar surface area (TPSA) is 130 Å². The zero-order valence-electron chi connectivity index (χ0n) is 22.0. The van der Waals surface area contributed by atoms with Gasteiger partial charge in [0.25, 0.3) is 0 Å². The number of carbonyl (C=O) groups is 2. The minimum Gasteiger partial charge on any atom is -0.495 e. The number of hydrogen-bond acceptors (Lipinski definition) is 7. The van der Waals surface area contributed by atoms with Crippen LogP contribution in [0.2, 0.25) is 5.02 Å². The number of ether oxygens (including phenoxy) is 2. The van der Waals surface area contributed by atoms with E-state index in [1.54, 1.807) is 30.3 Å². The van der Waals surface area contributed by atoms with E-state index in [1.165, 1.54) is 7.11 Å². The van der Waals surface area contributed by atoms with Crippen molar-refractivity contribution in [2.24, 2.45) is 0 Å². The molecule has 0 bridgehead atoms. The zero-order chi connectivity index (χ0) is 29.3. The van der Waals surface area contributed by atoms with Gasteiger partial charge in [0, 0.05) is 30.3 Å². The SMILES string of the molecule is COc1cc2c(cc1S(=O)(=O)c1ccc(OCc3ccc(Cl)cc3)cc1)CCN(C)CC2.O=C(O)C=CC(=O)O. The largest absolute Gasteiger partial charge is 0.495 e. The molecule has 0 aliphatic carbocycles. The van der Waals surface area contributed by atoms with Gasteiger partial charge in [-0.25, -0.2) is 18.0 Å². The van der Waals surface area contributed by atoms with Gasteiger partial charge in [-0.1, -0.05) is 23.7 Å². The molecule has 11 heteroatoms. The Balaban J connectivity index is 0.000000482. The predicted molar refractivity (Wildman–Crippen MR) is 150 cm³/mol. The molecule has 0 amide bonds. The third-order valence-corrected chi connectivity index (χ3v) is 8.17. The molecule has 9 nitrogen and oxygen atoms in total. The molecule has 3 aromatic rings. The molecule has 3 aromatic carbocycles. The normalized spacial score (nSPS) is 13.5. The summed E-state index contributed by atoms with van der Waals surface area (Å²) in [5.41, 5.74) is 3.19. The van der Waals surface area contributed by atoms with Gasteiger partial charge >= 0.3 is 11.9 Å². The maximum Gasteiger partial charge on any atom is 0.328 e. The van der Waals surface area contributed by atoms with Crippen LogP contribution in [0.3, 0.4) is 0 Å². The Bertz CT molecular complexity index is 1450. The van der Waals surface area contributed by atoms with Crippen LogP contribution in [-0.4, -0.2) is 62.7 Å². The van der Waals surface area contributed by atoms with Crippen molar-refractivity contribution < 1.29 is 37.7 Å². The van der Waals surface area contributed by atoms with E-state index in [-0.39, 0.29) is 9.79 Å². The number of likely N-dealkylation sites (N-methyl/N-ethyl adjacent to an activating group) is 1. The molecule has 0 unspecified atom stereocenters. The summed E-state index contributed by atoms with van der Waals surface area (Å²) in [5.74, 6) is -1.54. The molecule has 0 atom stereocenters. The van der Waals surface area contributed by atoms with Gasteiger partial charge in [-0.2, -0.15) is 0 Å². The van der Waals surface area contributed by atoms with Gasteiger partial charge < -0.3 is 24.6 Å². The molecule has 1 heterocycles. The number of carboxylic acid groups (broad SMARTS) is 2. The summed E-state index contributed by atoms with van der Waals surface area (Å²) in [6.07, 6.45) is 2.81. The fourth-order valence-corrected chi connectivity index (χ4v) is 5.52. The van der Waals surface area contributed by atoms with Crippen LogP contribution in [-0.2, 0) is 38.9 Å². The average molecular weight is 588 g/mol. The molecule has 0 aromatic heterocycles. The molecule has 4 rings (SSSR count). The maximum absolute atomic E-state index is 13.4. The smallest absolute Gasteiger partial charge is 0.328 e. The summed E-state index contributed by atoms with van der Waals surface area (Å²) >= 11 is 5.91. The number of hydrogen-bond donors (Lipinski definition) is 2. The summed E-state index contributed by atoms with van der Waals surface area (Å²) < 4.78 is 38.1. The standard InChI is InChI=1S/C25H26ClNO4S.C4H4O4/c1-27-13-11-19-15-24(30-2)25(16-20(19)12-14-27)32(28,29)23-9-7-22(8-10-23)31-17-18-3-5-21(26)6-4-18;5-3(6)1-2-4(7)8/h3-10,15-16H,11-14,17H2,1-2H3;1-2H,(H,5,6)(H,7,8). The Morgan fingerprint density at radius 1 is 0.925 bits per heavy atom. The van der Waals surface area contributed by atoms with Gasteiger partial charge in [0.2, 0.25) is 9.84 Å². The van der Waals surface area contributed by atoms with Crippen molar-refractivity contribution in [2.75, 3.05) is 27.2 Å². The molecule has 0 saturated carbocycles. The van der Waals surface area contributed by atoms with Crippen LogP contribution in [0, 0.1) is 0 Å². The fourth-order valence-electron chi connectivity index (χ4n) is 3.95. The third-order valence-electron chi connectivity index (χ3n) is 6.12. The van der Waals surface area contributed by atoms with Gasteiger partial charge in [-0.15, -0.1) is 0 Å². The van der Waals surface area contributed by atoms with Crippen molar-refractivity contribution in [3.63, 3.8) is 0 Å². The lowest BCUT2D eigenvalue weighted by atomic mass is 10.0. The highest BCUT2D eigenvalue weighted by atomic mass is 35.5. The lowest BCUT2D eigenvalue weighted by Crippen LogP contribution is -2.20. The molecule has 0 radical (unpaired) electrons. The monoisotopic (exact) mass is 587 g/mol. The van der Waals surface area contributed by atoms with E-state index in [1.807, 2.05) is 30.3 Å². The Labute approximate surface area is 238 Å². The molecule has 0 fully saturated rings. The van der Waals surface area contributed by atoms with E-state index >= 15 is 0 Å². The second kappa shape index (κ2) is 14.0. The number of carboxylic acids is 2. The Morgan fingerprint density at radius 2 is 1.48 bits per heavy atom. The van der Waals surface area contributed by atoms with Crippen LogP contribution in [0.4, 0.5) is 0 Å². The molecule has 2 N–H and O–H groups in total. The van der Waals surface area contributed by atoms with Crippen molar-refractivity contribution in [2.45, 2.75) is 29.2 Å². The minimum absolute atomic E-state index is 0.207. The van der Waals surface area contributed by atoms with Gasteiger partial charge in [-0.05, 0) is 85.1 Å². The van der Waals surface area contributed by atoms with Gasteiger partial charge in [0.05, 0.1) is 12.0 Å². The molecule has 0 spiro atoms. The van der Waals surface area contributed by atoms with E-state index in [0.29, 0.717) is 35.3 Å². The van der Waals surface area contributed by atoms with E-state index in [9.17, 15) is 18.0 Å². The first kappa shape index (κ1) is 30.7. The summed E-state index contributed by atoms with van der Waals surface area (Å²) in [4.78, 5) is 21.8. The lowest BCUT2D eigenvalue weighted by molar-refractivity contribution is -0.134. The maximum atomic E-state index is 13.4. The van der Waals surface area contributed by atoms with Crippen molar-refractivity contribution >= 4 is 33.4 Å². The zero-order valence-corrected chi connectivity index (χ0v) is 23.6. The van der Waals surface area contributed by atoms with Crippen LogP contribution in [0.15, 0.2) is 82.6 Å². The highest BCUT2D eigenvalue weighted by Crippen LogP contribution is 2.34. The number of methoxy groups -OCH3 is 1. The summed E-state index contributed by atoms with van der Waals surface area (Å²) in [6, 6.07) is 17.6. The number of halogens is 1. The number of nitrogens with zero attached hydrogens (tertiary/aromatic N) is 1. The van der Waals surface area contributed by atoms with Crippen molar-refractivity contribution in [1.29, 1.82) is 0 Å². The predicted octanol–water partition coefficient (Wildman–Crippen LogP) is 4.50. The van der Waals surface area contributed by atoms with Crippen molar-refractivity contribution in [3.8, 4) is 11.5 Å². The summed E-state index contributed by atoms with van der Waals surface area (Å²) in [6.45, 7) is 2.22. The van der Waals surface area contributed by atoms with Crippen LogP contribution in [0.5, 0.6) is 11.5 Å². The first-order valence-electron chi connectivity index (χ1n) is 12.2. The fraction of sp³-hybridized carbons (Fsp3) is 0.241. The molecule has 1 aliphatic heterocycles. The quantitative estimate of drug-likeness (QED) is 0.366. The van der Waals surface area contributed by atoms with Crippen LogP contribution >= 0.6 is 11.6 Å². The number of rotatable bonds is 8. The second-order valence-corrected chi connectivity index (χ2v) is 11.3.